The van der Waals surface area contributed by atoms with E-state index in [4.69, 9.17) is 26.0 Å². The highest BCUT2D eigenvalue weighted by Crippen LogP contribution is 2.43. The highest BCUT2D eigenvalue weighted by Gasteiger charge is 2.23. The van der Waals surface area contributed by atoms with Gasteiger partial charge < -0.3 is 26.2 Å². The number of carbonyl (C=O) groups excluding carboxylic acids is 1. The van der Waals surface area contributed by atoms with Gasteiger partial charge in [0.05, 0.1) is 44.6 Å². The highest BCUT2D eigenvalue weighted by molar-refractivity contribution is 7.96. The first-order valence-electron chi connectivity index (χ1n) is 13.8. The Labute approximate surface area is 303 Å². The number of nitrogen functional groups attached to an aromatic ring is 2. The van der Waals surface area contributed by atoms with Gasteiger partial charge >= 0.3 is 11.9 Å². The molecule has 9 N–H and O–H groups in total. The Hall–Kier alpha value is -5.05. The quantitative estimate of drug-likeness (QED) is 0.0155. The van der Waals surface area contributed by atoms with Crippen molar-refractivity contribution in [2.45, 2.75) is 21.2 Å². The van der Waals surface area contributed by atoms with E-state index in [2.05, 4.69) is 29.8 Å². The first-order chi connectivity index (χ1) is 24.2. The predicted octanol–water partition coefficient (Wildman–Crippen LogP) is 4.18. The van der Waals surface area contributed by atoms with Crippen molar-refractivity contribution in [3.8, 4) is 0 Å². The maximum Gasteiger partial charge on any atom is 0.341 e. The molecule has 20 nitrogen and oxygen atoms in total. The number of azo groups is 2. The minimum Gasteiger partial charge on any atom is -0.477 e. The molecule has 4 aromatic rings. The average Bonchev–Trinajstić information content (AvgIpc) is 3.09. The number of carboxylic acid groups (broad SMARTS) is 1. The molecule has 3 aromatic carbocycles. The number of sulfone groups is 1. The normalized spacial score (nSPS) is 11.8. The summed E-state index contributed by atoms with van der Waals surface area (Å²) in [7, 11) is -8.71. The number of aryl methyl sites for hydroxylation is 1. The van der Waals surface area contributed by atoms with Crippen LogP contribution in [-0.2, 0) is 44.8 Å². The van der Waals surface area contributed by atoms with Crippen LogP contribution in [0.5, 0.6) is 0 Å². The molecule has 1 aromatic heterocycles. The minimum absolute atomic E-state index is 0. The van der Waals surface area contributed by atoms with E-state index in [1.54, 1.807) is 18.3 Å². The number of anilines is 2. The number of carbonyl (C=O) groups is 2. The van der Waals surface area contributed by atoms with Crippen LogP contribution in [0.3, 0.4) is 0 Å². The Morgan fingerprint density at radius 2 is 1.60 bits per heavy atom. The van der Waals surface area contributed by atoms with Crippen molar-refractivity contribution in [2.24, 2.45) is 20.5 Å². The molecular weight excluding hydrogens is 771 g/mol. The van der Waals surface area contributed by atoms with E-state index in [9.17, 15) is 31.0 Å². The largest absolute Gasteiger partial charge is 0.477 e. The van der Waals surface area contributed by atoms with Crippen molar-refractivity contribution in [3.63, 3.8) is 0 Å². The van der Waals surface area contributed by atoms with E-state index in [0.29, 0.717) is 29.0 Å². The number of carboxylic acids is 1. The lowest BCUT2D eigenvalue weighted by Crippen LogP contribution is -2.37. The van der Waals surface area contributed by atoms with Crippen molar-refractivity contribution >= 4 is 90.1 Å². The third-order valence-electron chi connectivity index (χ3n) is 6.36. The number of rotatable bonds is 16. The second kappa shape index (κ2) is 18.4. The Morgan fingerprint density at radius 3 is 2.27 bits per heavy atom. The Balaban J connectivity index is 0.00000729. The lowest BCUT2D eigenvalue weighted by molar-refractivity contribution is -0.692. The van der Waals surface area contributed by atoms with E-state index >= 15 is 0 Å². The zero-order chi connectivity index (χ0) is 37.2. The van der Waals surface area contributed by atoms with Crippen molar-refractivity contribution < 1.29 is 64.9 Å². The minimum atomic E-state index is -4.91. The van der Waals surface area contributed by atoms with Crippen molar-refractivity contribution in [3.05, 3.63) is 84.7 Å². The molecule has 0 radical (unpaired) electrons. The molecule has 0 spiro atoms. The van der Waals surface area contributed by atoms with Crippen LogP contribution in [0.15, 0.2) is 114 Å². The van der Waals surface area contributed by atoms with Gasteiger partial charge in [-0.15, -0.1) is 14.6 Å². The molecule has 0 aliphatic carbocycles. The molecule has 0 unspecified atom stereocenters. The summed E-state index contributed by atoms with van der Waals surface area (Å²) in [6.07, 6.45) is 2.86. The van der Waals surface area contributed by atoms with Crippen molar-refractivity contribution in [2.75, 3.05) is 23.0 Å². The third-order valence-corrected chi connectivity index (χ3v) is 10.2. The van der Waals surface area contributed by atoms with Crippen LogP contribution in [0.2, 0.25) is 0 Å². The summed E-state index contributed by atoms with van der Waals surface area (Å²) in [5.41, 5.74) is 11.1. The van der Waals surface area contributed by atoms with Crippen LogP contribution in [0.25, 0.3) is 0 Å². The fourth-order valence-electron chi connectivity index (χ4n) is 3.95. The number of benzene rings is 3. The van der Waals surface area contributed by atoms with E-state index < -0.39 is 42.5 Å². The zero-order valence-corrected chi connectivity index (χ0v) is 29.4. The molecule has 0 aliphatic heterocycles. The molecule has 0 aliphatic rings. The maximum absolute atomic E-state index is 12.9. The number of nitrogens with two attached hydrogens (primary N) is 2. The topological polar surface area (TPSA) is 328 Å². The van der Waals surface area contributed by atoms with Gasteiger partial charge in [-0.05, 0) is 54.6 Å². The summed E-state index contributed by atoms with van der Waals surface area (Å²) >= 11 is 1.18. The van der Waals surface area contributed by atoms with Gasteiger partial charge in [-0.1, -0.05) is 11.1 Å². The molecule has 0 saturated carbocycles. The SMILES string of the molecule is Nc1c(N=Nc2cccc(SOC(=O)CSOOO)c2)cc(S(=O)(=O)O)c(N)c1N=Nc1ccc(S(=O)(=O)CC[n+]2cccc(C(=O)O)c2)cc1.O. The van der Waals surface area contributed by atoms with Crippen LogP contribution in [0, 0.1) is 0 Å². The number of aromatic carboxylic acids is 1. The molecule has 276 valence electrons. The predicted molar refractivity (Wildman–Crippen MR) is 185 cm³/mol. The molecular formula is C28H28N7O13S4+. The summed E-state index contributed by atoms with van der Waals surface area (Å²) in [4.78, 5) is 22.5. The van der Waals surface area contributed by atoms with E-state index in [-0.39, 0.29) is 62.4 Å². The van der Waals surface area contributed by atoms with Crippen LogP contribution in [0.1, 0.15) is 10.4 Å². The summed E-state index contributed by atoms with van der Waals surface area (Å²) in [5, 5.41) is 36.6. The summed E-state index contributed by atoms with van der Waals surface area (Å²) < 4.78 is 70.4. The highest BCUT2D eigenvalue weighted by atomic mass is 32.2. The van der Waals surface area contributed by atoms with Gasteiger partial charge in [0.25, 0.3) is 10.1 Å². The molecule has 1 heterocycles. The second-order valence-corrected chi connectivity index (χ2v) is 14.8. The fourth-order valence-corrected chi connectivity index (χ4v) is 6.69. The standard InChI is InChI=1S/C28H25N7O12S4.H2O/c29-25-22(33-32-19-4-1-5-20(13-19)49-45-24(36)16-48-47-46-39)14-23(51(42,43)44)26(30)27(25)34-31-18-6-8-21(9-7-18)50(40,41)12-11-35-10-2-3-17(15-35)28(37)38;/h1-10,13-15H,11-12,16,29-30H2,(H2-,37,38,39,42,43,44);1H2/p+1. The second-order valence-electron chi connectivity index (χ2n) is 9.83. The van der Waals surface area contributed by atoms with E-state index in [0.717, 1.165) is 6.07 Å². The van der Waals surface area contributed by atoms with Crippen LogP contribution in [-0.4, -0.2) is 60.7 Å². The lowest BCUT2D eigenvalue weighted by Gasteiger charge is -2.10. The summed E-state index contributed by atoms with van der Waals surface area (Å²) in [6, 6.07) is 15.1. The first-order valence-corrected chi connectivity index (χ1v) is 18.6. The van der Waals surface area contributed by atoms with E-state index in [1.165, 1.54) is 59.3 Å². The molecule has 0 fully saturated rings. The summed E-state index contributed by atoms with van der Waals surface area (Å²) in [6.45, 7) is -0.00813. The Morgan fingerprint density at radius 1 is 0.885 bits per heavy atom. The molecule has 52 heavy (non-hydrogen) atoms. The molecule has 0 amide bonds. The molecule has 24 heteroatoms. The van der Waals surface area contributed by atoms with Gasteiger partial charge in [0.15, 0.2) is 28.8 Å². The average molecular weight is 799 g/mol. The summed E-state index contributed by atoms with van der Waals surface area (Å²) in [5.74, 6) is -2.48. The zero-order valence-electron chi connectivity index (χ0n) is 26.2. The molecule has 0 atom stereocenters. The number of hydrogen-bond acceptors (Lipinski definition) is 18. The van der Waals surface area contributed by atoms with Gasteiger partial charge in [0, 0.05) is 18.1 Å². The van der Waals surface area contributed by atoms with Crippen LogP contribution < -0.4 is 16.0 Å². The number of nitrogens with zero attached hydrogens (tertiary/aromatic N) is 5. The van der Waals surface area contributed by atoms with Crippen molar-refractivity contribution in [1.29, 1.82) is 0 Å². The maximum atomic E-state index is 12.9. The Bertz CT molecular complexity index is 2200. The number of pyridine rings is 1. The van der Waals surface area contributed by atoms with Gasteiger partial charge in [-0.25, -0.2) is 23.0 Å². The van der Waals surface area contributed by atoms with Gasteiger partial charge in [-0.2, -0.15) is 18.6 Å². The van der Waals surface area contributed by atoms with Gasteiger partial charge in [0.1, 0.15) is 33.3 Å². The first kappa shape index (κ1) is 41.4. The van der Waals surface area contributed by atoms with Crippen molar-refractivity contribution in [1.82, 2.24) is 0 Å². The number of aromatic nitrogens is 1. The Kier molecular flexibility index (Phi) is 14.7. The smallest absolute Gasteiger partial charge is 0.341 e. The third kappa shape index (κ3) is 11.5. The lowest BCUT2D eigenvalue weighted by atomic mass is 10.2. The van der Waals surface area contributed by atoms with Gasteiger partial charge in [-0.3, -0.25) is 9.35 Å². The van der Waals surface area contributed by atoms with Crippen LogP contribution in [0.4, 0.5) is 34.1 Å². The monoisotopic (exact) mass is 798 g/mol. The molecule has 0 saturated heterocycles. The van der Waals surface area contributed by atoms with Gasteiger partial charge in [0.2, 0.25) is 0 Å². The molecule has 0 bridgehead atoms. The van der Waals surface area contributed by atoms with E-state index in [1.807, 2.05) is 0 Å². The number of hydrogen-bond donors (Lipinski definition) is 5. The fraction of sp³-hybridized carbons (Fsp3) is 0.107. The molecule has 4 rings (SSSR count). The van der Waals surface area contributed by atoms with Crippen LogP contribution >= 0.6 is 24.1 Å².